The van der Waals surface area contributed by atoms with Gasteiger partial charge in [-0.2, -0.15) is 11.8 Å². The first-order valence-electron chi connectivity index (χ1n) is 10.3. The maximum absolute atomic E-state index is 5.65. The van der Waals surface area contributed by atoms with E-state index in [9.17, 15) is 0 Å². The van der Waals surface area contributed by atoms with E-state index in [0.717, 1.165) is 49.7 Å². The molecule has 0 radical (unpaired) electrons. The van der Waals surface area contributed by atoms with Crippen molar-refractivity contribution >= 4 is 41.7 Å². The van der Waals surface area contributed by atoms with Crippen LogP contribution in [0.5, 0.6) is 5.75 Å². The lowest BCUT2D eigenvalue weighted by atomic mass is 10.0. The molecule has 2 saturated heterocycles. The van der Waals surface area contributed by atoms with Gasteiger partial charge in [-0.15, -0.1) is 24.0 Å². The van der Waals surface area contributed by atoms with Gasteiger partial charge in [-0.05, 0) is 57.5 Å². The highest BCUT2D eigenvalue weighted by Gasteiger charge is 2.26. The number of hydrogen-bond acceptors (Lipinski definition) is 4. The normalized spacial score (nSPS) is 21.2. The third-order valence-electron chi connectivity index (χ3n) is 5.37. The van der Waals surface area contributed by atoms with Crippen molar-refractivity contribution in [1.29, 1.82) is 0 Å². The molecule has 2 aliphatic rings. The predicted molar refractivity (Wildman–Crippen MR) is 131 cm³/mol. The summed E-state index contributed by atoms with van der Waals surface area (Å²) >= 11 is 2.08. The summed E-state index contributed by atoms with van der Waals surface area (Å²) in [6.07, 6.45) is 5.20. The molecule has 1 aromatic rings. The molecule has 7 heteroatoms. The molecule has 158 valence electrons. The van der Waals surface area contributed by atoms with E-state index >= 15 is 0 Å². The van der Waals surface area contributed by atoms with Crippen molar-refractivity contribution in [3.63, 3.8) is 0 Å². The van der Waals surface area contributed by atoms with E-state index in [2.05, 4.69) is 52.4 Å². The number of halogens is 1. The van der Waals surface area contributed by atoms with Crippen LogP contribution in [-0.4, -0.2) is 61.7 Å². The van der Waals surface area contributed by atoms with Crippen molar-refractivity contribution in [2.45, 2.75) is 43.9 Å². The second kappa shape index (κ2) is 12.8. The van der Waals surface area contributed by atoms with E-state index in [4.69, 9.17) is 9.73 Å². The van der Waals surface area contributed by atoms with Crippen molar-refractivity contribution < 1.29 is 4.74 Å². The molecule has 2 N–H and O–H groups in total. The summed E-state index contributed by atoms with van der Waals surface area (Å²) in [6.45, 7) is 7.03. The van der Waals surface area contributed by atoms with Crippen molar-refractivity contribution in [2.24, 2.45) is 4.99 Å². The number of methoxy groups -OCH3 is 1. The summed E-state index contributed by atoms with van der Waals surface area (Å²) in [5.41, 5.74) is 1.24. The first-order chi connectivity index (χ1) is 13.3. The van der Waals surface area contributed by atoms with Gasteiger partial charge in [0.25, 0.3) is 0 Å². The lowest BCUT2D eigenvalue weighted by molar-refractivity contribution is 0.245. The lowest BCUT2D eigenvalue weighted by Gasteiger charge is -2.28. The molecule has 0 saturated carbocycles. The van der Waals surface area contributed by atoms with Crippen molar-refractivity contribution in [3.05, 3.63) is 29.8 Å². The second-order valence-electron chi connectivity index (χ2n) is 7.24. The van der Waals surface area contributed by atoms with E-state index in [1.165, 1.54) is 37.0 Å². The molecule has 0 aliphatic carbocycles. The number of thioether (sulfide) groups is 1. The smallest absolute Gasteiger partial charge is 0.191 e. The minimum Gasteiger partial charge on any atom is -0.496 e. The third-order valence-corrected chi connectivity index (χ3v) is 6.77. The molecule has 5 nitrogen and oxygen atoms in total. The minimum absolute atomic E-state index is 0. The summed E-state index contributed by atoms with van der Waals surface area (Å²) in [7, 11) is 1.76. The van der Waals surface area contributed by atoms with Crippen LogP contribution in [0, 0.1) is 0 Å². The van der Waals surface area contributed by atoms with Crippen LogP contribution in [0.4, 0.5) is 0 Å². The number of nitrogens with one attached hydrogen (secondary N) is 2. The van der Waals surface area contributed by atoms with Gasteiger partial charge < -0.3 is 15.4 Å². The number of guanidine groups is 1. The van der Waals surface area contributed by atoms with E-state index in [1.54, 1.807) is 7.11 Å². The van der Waals surface area contributed by atoms with Gasteiger partial charge in [-0.1, -0.05) is 18.2 Å². The molecule has 2 heterocycles. The molecule has 2 unspecified atom stereocenters. The van der Waals surface area contributed by atoms with Crippen LogP contribution >= 0.6 is 35.7 Å². The summed E-state index contributed by atoms with van der Waals surface area (Å²) in [4.78, 5) is 7.51. The van der Waals surface area contributed by atoms with E-state index in [1.807, 2.05) is 6.07 Å². The third kappa shape index (κ3) is 6.69. The Balaban J connectivity index is 0.00000280. The molecule has 2 atom stereocenters. The maximum Gasteiger partial charge on any atom is 0.191 e. The van der Waals surface area contributed by atoms with Crippen molar-refractivity contribution in [1.82, 2.24) is 15.5 Å². The van der Waals surface area contributed by atoms with Crippen LogP contribution in [0.2, 0.25) is 0 Å². The molecule has 0 bridgehead atoms. The highest BCUT2D eigenvalue weighted by atomic mass is 127. The maximum atomic E-state index is 5.65. The Morgan fingerprint density at radius 3 is 2.71 bits per heavy atom. The van der Waals surface area contributed by atoms with Crippen LogP contribution in [0.15, 0.2) is 29.3 Å². The lowest BCUT2D eigenvalue weighted by Crippen LogP contribution is -2.41. The Morgan fingerprint density at radius 2 is 2.04 bits per heavy atom. The van der Waals surface area contributed by atoms with E-state index in [0.29, 0.717) is 0 Å². The van der Waals surface area contributed by atoms with Crippen LogP contribution in [0.25, 0.3) is 0 Å². The van der Waals surface area contributed by atoms with Gasteiger partial charge >= 0.3 is 0 Å². The average molecular weight is 519 g/mol. The SMILES string of the molecule is CCNC(=NCC(c1ccccc1OC)N1CCCC1)NCC1CCCS1.I. The van der Waals surface area contributed by atoms with Gasteiger partial charge in [0.15, 0.2) is 5.96 Å². The summed E-state index contributed by atoms with van der Waals surface area (Å²) < 4.78 is 5.65. The standard InChI is InChI=1S/C21H34N4OS.HI/c1-3-22-21(23-15-17-9-8-14-27-17)24-16-19(25-12-6-7-13-25)18-10-4-5-11-20(18)26-2;/h4-5,10-11,17,19H,3,6-9,12-16H2,1-2H3,(H2,22,23,24);1H. The number of likely N-dealkylation sites (tertiary alicyclic amines) is 1. The highest BCUT2D eigenvalue weighted by Crippen LogP contribution is 2.32. The van der Waals surface area contributed by atoms with Gasteiger partial charge in [0.2, 0.25) is 0 Å². The number of hydrogen-bond donors (Lipinski definition) is 2. The Bertz CT molecular complexity index is 604. The number of para-hydroxylation sites is 1. The Morgan fingerprint density at radius 1 is 1.25 bits per heavy atom. The molecule has 2 fully saturated rings. The first-order valence-corrected chi connectivity index (χ1v) is 11.4. The fourth-order valence-electron chi connectivity index (χ4n) is 3.94. The van der Waals surface area contributed by atoms with E-state index < -0.39 is 0 Å². The zero-order valence-corrected chi connectivity index (χ0v) is 20.3. The minimum atomic E-state index is 0. The van der Waals surface area contributed by atoms with Crippen molar-refractivity contribution in [2.75, 3.05) is 45.6 Å². The molecular weight excluding hydrogens is 483 g/mol. The molecule has 2 aliphatic heterocycles. The van der Waals surface area contributed by atoms with Crippen LogP contribution < -0.4 is 15.4 Å². The van der Waals surface area contributed by atoms with Gasteiger partial charge in [0, 0.05) is 23.9 Å². The number of aliphatic imine (C=N–C) groups is 1. The van der Waals surface area contributed by atoms with Gasteiger partial charge in [-0.3, -0.25) is 9.89 Å². The molecule has 3 rings (SSSR count). The highest BCUT2D eigenvalue weighted by molar-refractivity contribution is 14.0. The first kappa shape index (κ1) is 23.6. The topological polar surface area (TPSA) is 48.9 Å². The Hall–Kier alpha value is -0.670. The van der Waals surface area contributed by atoms with Gasteiger partial charge in [-0.25, -0.2) is 0 Å². The Labute approximate surface area is 191 Å². The molecule has 1 aromatic carbocycles. The summed E-state index contributed by atoms with van der Waals surface area (Å²) in [5, 5.41) is 7.69. The molecule has 0 spiro atoms. The fourth-order valence-corrected chi connectivity index (χ4v) is 5.14. The number of nitrogens with zero attached hydrogens (tertiary/aromatic N) is 2. The fraction of sp³-hybridized carbons (Fsp3) is 0.667. The summed E-state index contributed by atoms with van der Waals surface area (Å²) in [6, 6.07) is 8.65. The van der Waals surface area contributed by atoms with Crippen molar-refractivity contribution in [3.8, 4) is 5.75 Å². The molecule has 28 heavy (non-hydrogen) atoms. The monoisotopic (exact) mass is 518 g/mol. The molecule has 0 aromatic heterocycles. The molecular formula is C21H35IN4OS. The Kier molecular flexibility index (Phi) is 10.8. The number of benzene rings is 1. The van der Waals surface area contributed by atoms with Crippen LogP contribution in [0.1, 0.15) is 44.2 Å². The zero-order valence-electron chi connectivity index (χ0n) is 17.2. The van der Waals surface area contributed by atoms with Gasteiger partial charge in [0.05, 0.1) is 19.7 Å². The molecule has 0 amide bonds. The second-order valence-corrected chi connectivity index (χ2v) is 8.64. The van der Waals surface area contributed by atoms with E-state index in [-0.39, 0.29) is 30.0 Å². The quantitative estimate of drug-likeness (QED) is 0.311. The number of rotatable bonds is 8. The average Bonchev–Trinajstić information content (AvgIpc) is 3.41. The zero-order chi connectivity index (χ0) is 18.9. The number of ether oxygens (including phenoxy) is 1. The van der Waals surface area contributed by atoms with Gasteiger partial charge in [0.1, 0.15) is 5.75 Å². The summed E-state index contributed by atoms with van der Waals surface area (Å²) in [5.74, 6) is 3.19. The largest absolute Gasteiger partial charge is 0.496 e. The van der Waals surface area contributed by atoms with Crippen LogP contribution in [0.3, 0.4) is 0 Å². The van der Waals surface area contributed by atoms with Crippen LogP contribution in [-0.2, 0) is 0 Å². The predicted octanol–water partition coefficient (Wildman–Crippen LogP) is 3.90.